The van der Waals surface area contributed by atoms with Gasteiger partial charge in [-0.05, 0) is 19.3 Å². The Morgan fingerprint density at radius 2 is 1.37 bits per heavy atom. The second kappa shape index (κ2) is 12.9. The molecule has 0 aliphatic heterocycles. The second-order valence-corrected chi connectivity index (χ2v) is 6.09. The van der Waals surface area contributed by atoms with Crippen molar-refractivity contribution in [1.82, 2.24) is 0 Å². The maximum Gasteiger partial charge on any atom is 0.0748 e. The molecule has 0 heterocycles. The molecule has 0 aromatic rings. The fourth-order valence-corrected chi connectivity index (χ4v) is 2.68. The van der Waals surface area contributed by atoms with Gasteiger partial charge < -0.3 is 10.5 Å². The van der Waals surface area contributed by atoms with Crippen molar-refractivity contribution in [1.29, 1.82) is 0 Å². The molecule has 0 aliphatic rings. The van der Waals surface area contributed by atoms with Crippen LogP contribution in [0, 0.1) is 5.92 Å². The van der Waals surface area contributed by atoms with Crippen molar-refractivity contribution in [2.75, 3.05) is 6.61 Å². The van der Waals surface area contributed by atoms with Crippen molar-refractivity contribution in [3.8, 4) is 0 Å². The Morgan fingerprint density at radius 1 is 0.842 bits per heavy atom. The SMILES string of the molecule is CCCCCCCCCCC(N)C(OCC)C(C)C. The molecular weight excluding hydrogens is 234 g/mol. The van der Waals surface area contributed by atoms with Gasteiger partial charge in [0.2, 0.25) is 0 Å². The molecule has 0 aliphatic carbocycles. The average molecular weight is 271 g/mol. The minimum Gasteiger partial charge on any atom is -0.377 e. The molecule has 0 saturated carbocycles. The number of ether oxygens (including phenoxy) is 1. The molecule has 0 saturated heterocycles. The van der Waals surface area contributed by atoms with E-state index in [0.717, 1.165) is 13.0 Å². The van der Waals surface area contributed by atoms with Gasteiger partial charge in [-0.25, -0.2) is 0 Å². The first-order valence-electron chi connectivity index (χ1n) is 8.50. The zero-order chi connectivity index (χ0) is 14.5. The van der Waals surface area contributed by atoms with E-state index >= 15 is 0 Å². The van der Waals surface area contributed by atoms with Gasteiger partial charge in [0.15, 0.2) is 0 Å². The molecule has 0 amide bonds. The highest BCUT2D eigenvalue weighted by Crippen LogP contribution is 2.16. The van der Waals surface area contributed by atoms with Crippen LogP contribution < -0.4 is 5.73 Å². The van der Waals surface area contributed by atoms with E-state index in [1.807, 2.05) is 0 Å². The Hall–Kier alpha value is -0.0800. The fraction of sp³-hybridized carbons (Fsp3) is 1.00. The summed E-state index contributed by atoms with van der Waals surface area (Å²) >= 11 is 0. The first-order valence-corrected chi connectivity index (χ1v) is 8.50. The normalized spacial score (nSPS) is 14.8. The van der Waals surface area contributed by atoms with Crippen LogP contribution in [-0.2, 0) is 4.74 Å². The summed E-state index contributed by atoms with van der Waals surface area (Å²) in [6, 6.07) is 0.208. The van der Waals surface area contributed by atoms with Crippen LogP contribution in [0.2, 0.25) is 0 Å². The lowest BCUT2D eigenvalue weighted by Crippen LogP contribution is -2.40. The van der Waals surface area contributed by atoms with E-state index in [-0.39, 0.29) is 12.1 Å². The fourth-order valence-electron chi connectivity index (χ4n) is 2.68. The van der Waals surface area contributed by atoms with Crippen molar-refractivity contribution >= 4 is 0 Å². The summed E-state index contributed by atoms with van der Waals surface area (Å²) in [5.74, 6) is 0.518. The molecule has 116 valence electrons. The van der Waals surface area contributed by atoms with Crippen LogP contribution in [0.1, 0.15) is 85.5 Å². The van der Waals surface area contributed by atoms with Gasteiger partial charge in [0.05, 0.1) is 6.10 Å². The molecule has 0 aromatic carbocycles. The maximum absolute atomic E-state index is 6.26. The van der Waals surface area contributed by atoms with Crippen LogP contribution in [0.3, 0.4) is 0 Å². The Kier molecular flexibility index (Phi) is 12.9. The average Bonchev–Trinajstić information content (AvgIpc) is 2.38. The number of nitrogens with two attached hydrogens (primary N) is 1. The smallest absolute Gasteiger partial charge is 0.0748 e. The van der Waals surface area contributed by atoms with Crippen LogP contribution in [0.4, 0.5) is 0 Å². The lowest BCUT2D eigenvalue weighted by Gasteiger charge is -2.27. The monoisotopic (exact) mass is 271 g/mol. The summed E-state index contributed by atoms with van der Waals surface area (Å²) < 4.78 is 5.76. The summed E-state index contributed by atoms with van der Waals surface area (Å²) in [7, 11) is 0. The summed E-state index contributed by atoms with van der Waals surface area (Å²) in [6.07, 6.45) is 12.3. The number of hydrogen-bond acceptors (Lipinski definition) is 2. The molecule has 2 nitrogen and oxygen atoms in total. The van der Waals surface area contributed by atoms with E-state index in [0.29, 0.717) is 5.92 Å². The zero-order valence-corrected chi connectivity index (χ0v) is 13.8. The quantitative estimate of drug-likeness (QED) is 0.483. The molecule has 0 fully saturated rings. The highest BCUT2D eigenvalue weighted by Gasteiger charge is 2.20. The number of unbranched alkanes of at least 4 members (excludes halogenated alkanes) is 7. The predicted molar refractivity (Wildman–Crippen MR) is 85.5 cm³/mol. The molecule has 2 N–H and O–H groups in total. The van der Waals surface area contributed by atoms with Crippen LogP contribution in [0.25, 0.3) is 0 Å². The van der Waals surface area contributed by atoms with Crippen LogP contribution in [-0.4, -0.2) is 18.8 Å². The van der Waals surface area contributed by atoms with E-state index in [1.165, 1.54) is 51.4 Å². The number of hydrogen-bond donors (Lipinski definition) is 1. The highest BCUT2D eigenvalue weighted by atomic mass is 16.5. The topological polar surface area (TPSA) is 35.2 Å². The Labute approximate surface area is 121 Å². The van der Waals surface area contributed by atoms with Crippen molar-refractivity contribution < 1.29 is 4.74 Å². The summed E-state index contributed by atoms with van der Waals surface area (Å²) in [5, 5.41) is 0. The third-order valence-corrected chi connectivity index (χ3v) is 3.83. The number of rotatable bonds is 13. The third kappa shape index (κ3) is 10.4. The highest BCUT2D eigenvalue weighted by molar-refractivity contribution is 4.76. The summed E-state index contributed by atoms with van der Waals surface area (Å²) in [4.78, 5) is 0. The lowest BCUT2D eigenvalue weighted by molar-refractivity contribution is 0.0103. The molecule has 2 unspecified atom stereocenters. The van der Waals surface area contributed by atoms with E-state index in [4.69, 9.17) is 10.5 Å². The van der Waals surface area contributed by atoms with Crippen LogP contribution >= 0.6 is 0 Å². The Morgan fingerprint density at radius 3 is 1.84 bits per heavy atom. The molecule has 0 aromatic heterocycles. The maximum atomic E-state index is 6.26. The van der Waals surface area contributed by atoms with Crippen molar-refractivity contribution in [3.05, 3.63) is 0 Å². The second-order valence-electron chi connectivity index (χ2n) is 6.09. The molecule has 2 heteroatoms. The molecule has 2 atom stereocenters. The first kappa shape index (κ1) is 18.9. The van der Waals surface area contributed by atoms with Crippen LogP contribution in [0.15, 0.2) is 0 Å². The molecule has 0 bridgehead atoms. The molecule has 19 heavy (non-hydrogen) atoms. The zero-order valence-electron chi connectivity index (χ0n) is 13.8. The molecule has 0 rings (SSSR count). The minimum atomic E-state index is 0.208. The van der Waals surface area contributed by atoms with Crippen molar-refractivity contribution in [2.24, 2.45) is 11.7 Å². The lowest BCUT2D eigenvalue weighted by atomic mass is 9.95. The third-order valence-electron chi connectivity index (χ3n) is 3.83. The van der Waals surface area contributed by atoms with E-state index < -0.39 is 0 Å². The van der Waals surface area contributed by atoms with Gasteiger partial charge in [0.1, 0.15) is 0 Å². The van der Waals surface area contributed by atoms with Gasteiger partial charge in [-0.3, -0.25) is 0 Å². The van der Waals surface area contributed by atoms with Gasteiger partial charge in [-0.15, -0.1) is 0 Å². The largest absolute Gasteiger partial charge is 0.377 e. The predicted octanol–water partition coefficient (Wildman–Crippen LogP) is 4.91. The van der Waals surface area contributed by atoms with E-state index in [1.54, 1.807) is 0 Å². The summed E-state index contributed by atoms with van der Waals surface area (Å²) in [6.45, 7) is 9.50. The Balaban J connectivity index is 3.53. The van der Waals surface area contributed by atoms with Gasteiger partial charge in [-0.2, -0.15) is 0 Å². The van der Waals surface area contributed by atoms with Gasteiger partial charge in [0, 0.05) is 12.6 Å². The van der Waals surface area contributed by atoms with Gasteiger partial charge >= 0.3 is 0 Å². The van der Waals surface area contributed by atoms with E-state index in [2.05, 4.69) is 27.7 Å². The molecular formula is C17H37NO. The first-order chi connectivity index (χ1) is 9.13. The Bertz CT molecular complexity index is 182. The van der Waals surface area contributed by atoms with Gasteiger partial charge in [-0.1, -0.05) is 72.1 Å². The van der Waals surface area contributed by atoms with Crippen molar-refractivity contribution in [2.45, 2.75) is 97.6 Å². The van der Waals surface area contributed by atoms with Crippen LogP contribution in [0.5, 0.6) is 0 Å². The molecule has 0 radical (unpaired) electrons. The minimum absolute atomic E-state index is 0.208. The molecule has 0 spiro atoms. The standard InChI is InChI=1S/C17H37NO/c1-5-7-8-9-10-11-12-13-14-16(18)17(15(3)4)19-6-2/h15-17H,5-14,18H2,1-4H3. The van der Waals surface area contributed by atoms with E-state index in [9.17, 15) is 0 Å². The van der Waals surface area contributed by atoms with Crippen molar-refractivity contribution in [3.63, 3.8) is 0 Å². The van der Waals surface area contributed by atoms with Gasteiger partial charge in [0.25, 0.3) is 0 Å². The summed E-state index contributed by atoms with van der Waals surface area (Å²) in [5.41, 5.74) is 6.26.